The Balaban J connectivity index is 1.94. The number of alkyl carbamates (subject to hydrolysis) is 1. The Kier molecular flexibility index (Phi) is 13.0. The van der Waals surface area contributed by atoms with Crippen LogP contribution >= 0.6 is 0 Å². The minimum Gasteiger partial charge on any atom is -0.496 e. The van der Waals surface area contributed by atoms with Gasteiger partial charge in [-0.15, -0.1) is 13.2 Å². The first kappa shape index (κ1) is 36.4. The standard InChI is InChI=1S/C37H50N2O7/c1-9-12-13-14-15-16-30(38-35(42)46-25-36(4,5)19-10-2)33(40)39-24-37(45-8,23-31(39)34(41)44-7)29-18-17-27-22-32(43-6)26(11-3)20-28(27)21-29/h9-11,17-18,20-22,30-31H,1-3,12-16,19,23-25H2,4-8H3,(H,38,42)/t30?,31-,37-/m0/s1. The lowest BCUT2D eigenvalue weighted by molar-refractivity contribution is -0.151. The molecule has 9 heteroatoms. The third-order valence-corrected chi connectivity index (χ3v) is 8.69. The minimum atomic E-state index is -0.999. The number of fused-ring (bicyclic) bond motifs is 1. The van der Waals surface area contributed by atoms with E-state index < -0.39 is 29.7 Å². The van der Waals surface area contributed by atoms with Crippen molar-refractivity contribution in [2.75, 3.05) is 34.5 Å². The zero-order valence-electron chi connectivity index (χ0n) is 28.1. The van der Waals surface area contributed by atoms with E-state index in [9.17, 15) is 14.4 Å². The number of esters is 1. The predicted molar refractivity (Wildman–Crippen MR) is 182 cm³/mol. The first-order valence-electron chi connectivity index (χ1n) is 15.8. The molecular formula is C37H50N2O7. The van der Waals surface area contributed by atoms with Gasteiger partial charge in [0.2, 0.25) is 5.91 Å². The van der Waals surface area contributed by atoms with Crippen molar-refractivity contribution in [2.45, 2.75) is 76.5 Å². The third-order valence-electron chi connectivity index (χ3n) is 8.69. The Bertz CT molecular complexity index is 1420. The van der Waals surface area contributed by atoms with E-state index in [1.165, 1.54) is 12.0 Å². The first-order chi connectivity index (χ1) is 22.0. The van der Waals surface area contributed by atoms with Gasteiger partial charge in [-0.1, -0.05) is 63.6 Å². The summed E-state index contributed by atoms with van der Waals surface area (Å²) >= 11 is 0. The average Bonchev–Trinajstić information content (AvgIpc) is 3.46. The summed E-state index contributed by atoms with van der Waals surface area (Å²) in [7, 11) is 4.50. The van der Waals surface area contributed by atoms with Crippen molar-refractivity contribution in [3.05, 3.63) is 73.3 Å². The number of likely N-dealkylation sites (tertiary alicyclic amines) is 1. The largest absolute Gasteiger partial charge is 0.496 e. The maximum atomic E-state index is 14.3. The van der Waals surface area contributed by atoms with Crippen molar-refractivity contribution >= 4 is 34.8 Å². The molecule has 0 aliphatic carbocycles. The van der Waals surface area contributed by atoms with Crippen molar-refractivity contribution in [3.8, 4) is 5.75 Å². The normalized spacial score (nSPS) is 18.5. The van der Waals surface area contributed by atoms with Crippen molar-refractivity contribution < 1.29 is 33.3 Å². The summed E-state index contributed by atoms with van der Waals surface area (Å²) in [5, 5.41) is 4.69. The number of carbonyl (C=O) groups excluding carboxylic acids is 3. The van der Waals surface area contributed by atoms with E-state index >= 15 is 0 Å². The number of allylic oxidation sites excluding steroid dienone is 2. The van der Waals surface area contributed by atoms with E-state index in [1.807, 2.05) is 50.3 Å². The molecule has 1 unspecified atom stereocenters. The number of hydrogen-bond donors (Lipinski definition) is 1. The van der Waals surface area contributed by atoms with Crippen molar-refractivity contribution in [2.24, 2.45) is 5.41 Å². The molecule has 1 fully saturated rings. The van der Waals surface area contributed by atoms with Crippen LogP contribution < -0.4 is 10.1 Å². The van der Waals surface area contributed by atoms with Crippen LogP contribution in [0.3, 0.4) is 0 Å². The van der Waals surface area contributed by atoms with Gasteiger partial charge in [-0.3, -0.25) is 4.79 Å². The van der Waals surface area contributed by atoms with Crippen molar-refractivity contribution in [1.82, 2.24) is 10.2 Å². The van der Waals surface area contributed by atoms with E-state index in [0.29, 0.717) is 25.0 Å². The number of carbonyl (C=O) groups is 3. The summed E-state index contributed by atoms with van der Waals surface area (Å²) in [5.74, 6) is -0.226. The quantitative estimate of drug-likeness (QED) is 0.114. The second-order valence-corrected chi connectivity index (χ2v) is 12.6. The molecule has 0 aromatic heterocycles. The van der Waals surface area contributed by atoms with E-state index in [0.717, 1.165) is 41.2 Å². The van der Waals surface area contributed by atoms with Crippen LogP contribution in [0.1, 0.15) is 69.9 Å². The van der Waals surface area contributed by atoms with Crippen LogP contribution in [-0.2, 0) is 29.4 Å². The van der Waals surface area contributed by atoms with Crippen LogP contribution in [0.25, 0.3) is 16.8 Å². The van der Waals surface area contributed by atoms with Crippen molar-refractivity contribution in [1.29, 1.82) is 0 Å². The zero-order valence-corrected chi connectivity index (χ0v) is 28.1. The first-order valence-corrected chi connectivity index (χ1v) is 15.8. The van der Waals surface area contributed by atoms with Crippen LogP contribution in [0, 0.1) is 5.41 Å². The Morgan fingerprint density at radius 2 is 1.80 bits per heavy atom. The number of unbranched alkanes of at least 4 members (excludes halogenated alkanes) is 3. The molecule has 0 radical (unpaired) electrons. The zero-order chi connectivity index (χ0) is 33.9. The number of ether oxygens (including phenoxy) is 4. The number of nitrogens with one attached hydrogen (secondary N) is 1. The molecule has 46 heavy (non-hydrogen) atoms. The molecular weight excluding hydrogens is 584 g/mol. The van der Waals surface area contributed by atoms with Crippen LogP contribution in [0.4, 0.5) is 4.79 Å². The van der Waals surface area contributed by atoms with Gasteiger partial charge in [-0.2, -0.15) is 0 Å². The van der Waals surface area contributed by atoms with Gasteiger partial charge in [0.1, 0.15) is 23.4 Å². The minimum absolute atomic E-state index is 0.0914. The smallest absolute Gasteiger partial charge is 0.407 e. The number of benzene rings is 2. The Labute approximate surface area is 273 Å². The number of methoxy groups -OCH3 is 3. The van der Waals surface area contributed by atoms with Gasteiger partial charge >= 0.3 is 12.1 Å². The molecule has 1 heterocycles. The molecule has 0 saturated carbocycles. The molecule has 2 aromatic carbocycles. The second kappa shape index (κ2) is 16.5. The number of rotatable bonds is 17. The topological polar surface area (TPSA) is 103 Å². The molecule has 3 rings (SSSR count). The fraction of sp³-hybridized carbons (Fsp3) is 0.486. The van der Waals surface area contributed by atoms with Gasteiger partial charge in [0.25, 0.3) is 0 Å². The molecule has 1 N–H and O–H groups in total. The lowest BCUT2D eigenvalue weighted by Gasteiger charge is -2.30. The van der Waals surface area contributed by atoms with Gasteiger partial charge < -0.3 is 29.2 Å². The Hall–Kier alpha value is -4.11. The molecule has 3 atom stereocenters. The van der Waals surface area contributed by atoms with Gasteiger partial charge in [0, 0.05) is 24.5 Å². The summed E-state index contributed by atoms with van der Waals surface area (Å²) in [6, 6.07) is 8.02. The van der Waals surface area contributed by atoms with Crippen LogP contribution in [0.15, 0.2) is 62.2 Å². The van der Waals surface area contributed by atoms with Gasteiger partial charge in [0.15, 0.2) is 0 Å². The molecule has 0 spiro atoms. The summed E-state index contributed by atoms with van der Waals surface area (Å²) in [6.07, 6.45) is 9.26. The summed E-state index contributed by atoms with van der Waals surface area (Å²) in [4.78, 5) is 41.9. The fourth-order valence-corrected chi connectivity index (χ4v) is 6.01. The lowest BCUT2D eigenvalue weighted by Crippen LogP contribution is -2.52. The summed E-state index contributed by atoms with van der Waals surface area (Å²) in [5.41, 5.74) is 0.352. The highest BCUT2D eigenvalue weighted by Crippen LogP contribution is 2.41. The number of amides is 2. The van der Waals surface area contributed by atoms with Gasteiger partial charge in [-0.05, 0) is 60.2 Å². The van der Waals surface area contributed by atoms with Crippen LogP contribution in [0.2, 0.25) is 0 Å². The van der Waals surface area contributed by atoms with E-state index in [-0.39, 0.29) is 30.9 Å². The van der Waals surface area contributed by atoms with Crippen LogP contribution in [0.5, 0.6) is 5.75 Å². The van der Waals surface area contributed by atoms with E-state index in [1.54, 1.807) is 26.4 Å². The SMILES string of the molecule is C=CCCCCCC(NC(=O)OCC(C)(C)CC=C)C(=O)N1C[C@](OC)(c2ccc3cc(OC)c(C=C)cc3c2)C[C@H]1C(=O)OC. The third kappa shape index (κ3) is 8.78. The van der Waals surface area contributed by atoms with Gasteiger partial charge in [-0.25, -0.2) is 9.59 Å². The number of nitrogens with zero attached hydrogens (tertiary/aromatic N) is 1. The second-order valence-electron chi connectivity index (χ2n) is 12.6. The van der Waals surface area contributed by atoms with E-state index in [2.05, 4.69) is 25.1 Å². The monoisotopic (exact) mass is 634 g/mol. The molecule has 0 bridgehead atoms. The average molecular weight is 635 g/mol. The summed E-state index contributed by atoms with van der Waals surface area (Å²) < 4.78 is 22.4. The summed E-state index contributed by atoms with van der Waals surface area (Å²) in [6.45, 7) is 15.6. The molecule has 1 aliphatic heterocycles. The fourth-order valence-electron chi connectivity index (χ4n) is 6.01. The Morgan fingerprint density at radius 3 is 2.43 bits per heavy atom. The van der Waals surface area contributed by atoms with Gasteiger partial charge in [0.05, 0.1) is 27.4 Å². The van der Waals surface area contributed by atoms with Crippen molar-refractivity contribution in [3.63, 3.8) is 0 Å². The molecule has 1 saturated heterocycles. The van der Waals surface area contributed by atoms with E-state index in [4.69, 9.17) is 18.9 Å². The highest BCUT2D eigenvalue weighted by atomic mass is 16.5. The Morgan fingerprint density at radius 1 is 1.04 bits per heavy atom. The molecule has 9 nitrogen and oxygen atoms in total. The maximum Gasteiger partial charge on any atom is 0.407 e. The molecule has 250 valence electrons. The maximum absolute atomic E-state index is 14.3. The number of hydrogen-bond acceptors (Lipinski definition) is 7. The lowest BCUT2D eigenvalue weighted by atomic mass is 9.89. The molecule has 2 aromatic rings. The van der Waals surface area contributed by atoms with Crippen LogP contribution in [-0.4, -0.2) is 69.4 Å². The predicted octanol–water partition coefficient (Wildman–Crippen LogP) is 6.94. The molecule has 1 aliphatic rings. The molecule has 2 amide bonds. The highest BCUT2D eigenvalue weighted by molar-refractivity contribution is 5.91. The highest BCUT2D eigenvalue weighted by Gasteiger charge is 2.52.